The van der Waals surface area contributed by atoms with Crippen molar-refractivity contribution in [2.45, 2.75) is 6.54 Å². The number of aromatic nitrogens is 1. The summed E-state index contributed by atoms with van der Waals surface area (Å²) in [6.07, 6.45) is 1.60. The second kappa shape index (κ2) is 7.54. The highest BCUT2D eigenvalue weighted by molar-refractivity contribution is 9.10. The molecule has 0 aliphatic rings. The Morgan fingerprint density at radius 1 is 1.22 bits per heavy atom. The molecular formula is C20H15BrN2O3S. The van der Waals surface area contributed by atoms with Crippen molar-refractivity contribution in [3.05, 3.63) is 76.7 Å². The molecule has 4 rings (SSSR count). The van der Waals surface area contributed by atoms with Crippen molar-refractivity contribution in [3.63, 3.8) is 0 Å². The first-order chi connectivity index (χ1) is 13.1. The zero-order chi connectivity index (χ0) is 18.8. The topological polar surface area (TPSA) is 55.6 Å². The van der Waals surface area contributed by atoms with Crippen LogP contribution in [-0.2, 0) is 6.54 Å². The Bertz CT molecular complexity index is 1070. The highest BCUT2D eigenvalue weighted by Crippen LogP contribution is 2.33. The lowest BCUT2D eigenvalue weighted by atomic mass is 10.2. The summed E-state index contributed by atoms with van der Waals surface area (Å²) in [5, 5.41) is 0.613. The van der Waals surface area contributed by atoms with E-state index in [1.54, 1.807) is 36.5 Å². The van der Waals surface area contributed by atoms with Crippen LogP contribution in [0, 0.1) is 0 Å². The van der Waals surface area contributed by atoms with Crippen LogP contribution in [0.25, 0.3) is 10.2 Å². The summed E-state index contributed by atoms with van der Waals surface area (Å²) in [6.45, 7) is 0.304. The van der Waals surface area contributed by atoms with Crippen LogP contribution in [0.1, 0.15) is 16.1 Å². The monoisotopic (exact) mass is 442 g/mol. The molecule has 0 aliphatic heterocycles. The van der Waals surface area contributed by atoms with Gasteiger partial charge in [0.15, 0.2) is 5.13 Å². The molecule has 2 aromatic carbocycles. The van der Waals surface area contributed by atoms with Crippen molar-refractivity contribution in [1.82, 2.24) is 4.98 Å². The fourth-order valence-corrected chi connectivity index (χ4v) is 3.88. The number of hydrogen-bond donors (Lipinski definition) is 0. The van der Waals surface area contributed by atoms with Gasteiger partial charge >= 0.3 is 0 Å². The number of benzene rings is 2. The Balaban J connectivity index is 1.75. The fraction of sp³-hybridized carbons (Fsp3) is 0.100. The lowest BCUT2D eigenvalue weighted by Gasteiger charge is -2.18. The van der Waals surface area contributed by atoms with E-state index in [2.05, 4.69) is 20.9 Å². The van der Waals surface area contributed by atoms with Gasteiger partial charge in [0.05, 0.1) is 30.1 Å². The quantitative estimate of drug-likeness (QED) is 0.408. The third kappa shape index (κ3) is 3.74. The van der Waals surface area contributed by atoms with Crippen molar-refractivity contribution < 1.29 is 13.9 Å². The van der Waals surface area contributed by atoms with Gasteiger partial charge in [-0.3, -0.25) is 9.69 Å². The number of hydrogen-bond acceptors (Lipinski definition) is 5. The molecule has 0 spiro atoms. The second-order valence-corrected chi connectivity index (χ2v) is 7.73. The molecule has 136 valence electrons. The van der Waals surface area contributed by atoms with Crippen LogP contribution in [0.5, 0.6) is 5.75 Å². The minimum Gasteiger partial charge on any atom is -0.497 e. The van der Waals surface area contributed by atoms with Crippen LogP contribution in [0.4, 0.5) is 5.13 Å². The Morgan fingerprint density at radius 3 is 2.74 bits per heavy atom. The fourth-order valence-electron chi connectivity index (χ4n) is 2.67. The summed E-state index contributed by atoms with van der Waals surface area (Å²) >= 11 is 4.86. The average molecular weight is 443 g/mol. The summed E-state index contributed by atoms with van der Waals surface area (Å²) in [7, 11) is 1.62. The van der Waals surface area contributed by atoms with Crippen LogP contribution in [-0.4, -0.2) is 18.0 Å². The molecule has 2 heterocycles. The molecule has 0 radical (unpaired) electrons. The van der Waals surface area contributed by atoms with E-state index in [1.165, 1.54) is 11.3 Å². The van der Waals surface area contributed by atoms with Crippen LogP contribution in [0.3, 0.4) is 0 Å². The van der Waals surface area contributed by atoms with Crippen LogP contribution < -0.4 is 9.64 Å². The molecule has 0 N–H and O–H groups in total. The summed E-state index contributed by atoms with van der Waals surface area (Å²) in [5.41, 5.74) is 1.38. The van der Waals surface area contributed by atoms with Gasteiger partial charge in [-0.2, -0.15) is 0 Å². The van der Waals surface area contributed by atoms with E-state index in [-0.39, 0.29) is 5.91 Å². The van der Waals surface area contributed by atoms with Gasteiger partial charge in [-0.05, 0) is 48.5 Å². The molecule has 1 amide bonds. The average Bonchev–Trinajstić information content (AvgIpc) is 3.34. The number of methoxy groups -OCH3 is 1. The Morgan fingerprint density at radius 2 is 2.04 bits per heavy atom. The zero-order valence-electron chi connectivity index (χ0n) is 14.4. The van der Waals surface area contributed by atoms with Gasteiger partial charge in [-0.25, -0.2) is 4.98 Å². The summed E-state index contributed by atoms with van der Waals surface area (Å²) in [6, 6.07) is 16.6. The molecule has 5 nitrogen and oxygen atoms in total. The lowest BCUT2D eigenvalue weighted by molar-refractivity contribution is 0.0983. The Hall–Kier alpha value is -2.64. The van der Waals surface area contributed by atoms with Crippen molar-refractivity contribution in [2.24, 2.45) is 0 Å². The first-order valence-electron chi connectivity index (χ1n) is 8.18. The standard InChI is InChI=1S/C20H15BrN2O3S/c1-25-15-8-9-18-17(11-15)22-20(27-18)23(12-16-3-2-10-26-16)19(24)13-4-6-14(21)7-5-13/h2-11H,12H2,1H3. The van der Waals surface area contributed by atoms with E-state index in [1.807, 2.05) is 36.4 Å². The number of amides is 1. The first-order valence-corrected chi connectivity index (χ1v) is 9.79. The van der Waals surface area contributed by atoms with Crippen LogP contribution >= 0.6 is 27.3 Å². The largest absolute Gasteiger partial charge is 0.497 e. The number of fused-ring (bicyclic) bond motifs is 1. The van der Waals surface area contributed by atoms with Crippen molar-refractivity contribution in [3.8, 4) is 5.75 Å². The molecule has 0 atom stereocenters. The highest BCUT2D eigenvalue weighted by atomic mass is 79.9. The number of thiazole rings is 1. The van der Waals surface area contributed by atoms with Gasteiger partial charge < -0.3 is 9.15 Å². The molecule has 2 aromatic heterocycles. The summed E-state index contributed by atoms with van der Waals surface area (Å²) < 4.78 is 12.6. The number of carbonyl (C=O) groups excluding carboxylic acids is 1. The minimum absolute atomic E-state index is 0.134. The van der Waals surface area contributed by atoms with Crippen LogP contribution in [0.2, 0.25) is 0 Å². The number of carbonyl (C=O) groups is 1. The van der Waals surface area contributed by atoms with Gasteiger partial charge in [0.2, 0.25) is 0 Å². The predicted molar refractivity (Wildman–Crippen MR) is 110 cm³/mol. The molecule has 0 saturated carbocycles. The predicted octanol–water partition coefficient (Wildman–Crippen LogP) is 5.51. The van der Waals surface area contributed by atoms with E-state index < -0.39 is 0 Å². The molecule has 27 heavy (non-hydrogen) atoms. The Labute approximate surface area is 168 Å². The van der Waals surface area contributed by atoms with E-state index in [0.717, 1.165) is 20.4 Å². The maximum Gasteiger partial charge on any atom is 0.260 e. The van der Waals surface area contributed by atoms with Crippen molar-refractivity contribution in [2.75, 3.05) is 12.0 Å². The molecule has 0 aliphatic carbocycles. The molecule has 0 fully saturated rings. The molecule has 4 aromatic rings. The van der Waals surface area contributed by atoms with E-state index in [0.29, 0.717) is 23.0 Å². The molecule has 0 bridgehead atoms. The number of nitrogens with zero attached hydrogens (tertiary/aromatic N) is 2. The maximum absolute atomic E-state index is 13.2. The summed E-state index contributed by atoms with van der Waals surface area (Å²) in [4.78, 5) is 19.5. The van der Waals surface area contributed by atoms with E-state index in [4.69, 9.17) is 9.15 Å². The number of halogens is 1. The van der Waals surface area contributed by atoms with Gasteiger partial charge in [-0.15, -0.1) is 0 Å². The minimum atomic E-state index is -0.134. The normalized spacial score (nSPS) is 10.9. The van der Waals surface area contributed by atoms with E-state index >= 15 is 0 Å². The smallest absolute Gasteiger partial charge is 0.260 e. The third-order valence-corrected chi connectivity index (χ3v) is 5.63. The first kappa shape index (κ1) is 17.8. The van der Waals surface area contributed by atoms with E-state index in [9.17, 15) is 4.79 Å². The molecule has 0 saturated heterocycles. The van der Waals surface area contributed by atoms with Gasteiger partial charge in [-0.1, -0.05) is 27.3 Å². The number of rotatable bonds is 5. The lowest BCUT2D eigenvalue weighted by Crippen LogP contribution is -2.30. The SMILES string of the molecule is COc1ccc2sc(N(Cc3ccco3)C(=O)c3ccc(Br)cc3)nc2c1. The number of furan rings is 1. The van der Waals surface area contributed by atoms with Crippen molar-refractivity contribution >= 4 is 48.5 Å². The molecule has 7 heteroatoms. The zero-order valence-corrected chi connectivity index (χ0v) is 16.8. The van der Waals surface area contributed by atoms with Crippen LogP contribution in [0.15, 0.2) is 69.8 Å². The van der Waals surface area contributed by atoms with Gasteiger partial charge in [0.25, 0.3) is 5.91 Å². The maximum atomic E-state index is 13.2. The van der Waals surface area contributed by atoms with Crippen molar-refractivity contribution in [1.29, 1.82) is 0 Å². The van der Waals surface area contributed by atoms with Gasteiger partial charge in [0, 0.05) is 16.1 Å². The Kier molecular flexibility index (Phi) is 4.96. The second-order valence-electron chi connectivity index (χ2n) is 5.81. The third-order valence-electron chi connectivity index (χ3n) is 4.04. The highest BCUT2D eigenvalue weighted by Gasteiger charge is 2.23. The molecule has 0 unspecified atom stereocenters. The van der Waals surface area contributed by atoms with Gasteiger partial charge in [0.1, 0.15) is 11.5 Å². The number of ether oxygens (including phenoxy) is 1. The summed E-state index contributed by atoms with van der Waals surface area (Å²) in [5.74, 6) is 1.29. The molecular weight excluding hydrogens is 428 g/mol. The number of anilines is 1.